The number of carboxylic acid groups (broad SMARTS) is 1. The number of benzene rings is 2. The van der Waals surface area contributed by atoms with Gasteiger partial charge >= 0.3 is 5.97 Å². The van der Waals surface area contributed by atoms with E-state index in [1.807, 2.05) is 0 Å². The number of ether oxygens (including phenoxy) is 2. The Kier molecular flexibility index (Phi) is 11.0. The predicted octanol–water partition coefficient (Wildman–Crippen LogP) is 6.61. The lowest BCUT2D eigenvalue weighted by Crippen LogP contribution is -2.22. The van der Waals surface area contributed by atoms with Crippen LogP contribution in [0.15, 0.2) is 60.8 Å². The van der Waals surface area contributed by atoms with Gasteiger partial charge in [-0.25, -0.2) is 27.3 Å². The van der Waals surface area contributed by atoms with E-state index in [0.29, 0.717) is 17.7 Å². The molecule has 3 N–H and O–H groups in total. The highest BCUT2D eigenvalue weighted by atomic mass is 32.2. The number of aromatic nitrogens is 3. The maximum absolute atomic E-state index is 13.6. The fourth-order valence-electron chi connectivity index (χ4n) is 4.32. The van der Waals surface area contributed by atoms with E-state index < -0.39 is 36.0 Å². The number of aromatic carboxylic acids is 1. The molecule has 0 aliphatic carbocycles. The summed E-state index contributed by atoms with van der Waals surface area (Å²) in [6.45, 7) is 10.4. The summed E-state index contributed by atoms with van der Waals surface area (Å²) in [7, 11) is -5.06. The molecule has 4 rings (SSSR count). The maximum Gasteiger partial charge on any atom is 0.337 e. The van der Waals surface area contributed by atoms with Crippen LogP contribution in [-0.4, -0.2) is 54.7 Å². The number of nitriles is 1. The summed E-state index contributed by atoms with van der Waals surface area (Å²) in [5, 5.41) is 27.4. The normalized spacial score (nSPS) is 12.3. The monoisotopic (exact) mass is 680 g/mol. The minimum absolute atomic E-state index is 0.00103. The minimum atomic E-state index is -3.68. The first-order valence-corrected chi connectivity index (χ1v) is 20.2. The number of anilines is 3. The van der Waals surface area contributed by atoms with Gasteiger partial charge in [0, 0.05) is 26.4 Å². The Balaban J connectivity index is 1.77. The van der Waals surface area contributed by atoms with Crippen LogP contribution in [0.5, 0.6) is 5.75 Å². The zero-order valence-electron chi connectivity index (χ0n) is 26.7. The molecule has 0 bridgehead atoms. The summed E-state index contributed by atoms with van der Waals surface area (Å²) in [6.07, 6.45) is 0.602. The molecule has 0 saturated carbocycles. The third kappa shape index (κ3) is 9.38. The molecule has 12 nitrogen and oxygen atoms in total. The van der Waals surface area contributed by atoms with E-state index >= 15 is 0 Å². The standard InChI is InChI=1S/C32H37FN6O6SSi/c1-6-46(42,43)38-27-13-9-23(17-28(27)45-21(2)22-7-11-25(33)12-8-22)30-26(18-34)31(36-29-14-10-24(19-35-29)32(40)41)39(37-30)20-44-15-16-47(3,4)5/h7-14,17,19,21,38H,6,15-16,20H2,1-5H3,(H,35,36)(H,40,41). The first-order valence-electron chi connectivity index (χ1n) is 14.8. The van der Waals surface area contributed by atoms with Gasteiger partial charge in [-0.1, -0.05) is 37.8 Å². The van der Waals surface area contributed by atoms with Crippen LogP contribution in [0.3, 0.4) is 0 Å². The molecule has 2 heterocycles. The first kappa shape index (κ1) is 35.1. The van der Waals surface area contributed by atoms with Crippen LogP contribution < -0.4 is 14.8 Å². The van der Waals surface area contributed by atoms with Crippen molar-refractivity contribution in [3.05, 3.63) is 83.3 Å². The summed E-state index contributed by atoms with van der Waals surface area (Å²) >= 11 is 0. The van der Waals surface area contributed by atoms with E-state index in [-0.39, 0.29) is 52.4 Å². The summed E-state index contributed by atoms with van der Waals surface area (Å²) in [4.78, 5) is 15.5. The van der Waals surface area contributed by atoms with Crippen LogP contribution in [0, 0.1) is 17.1 Å². The highest BCUT2D eigenvalue weighted by Gasteiger charge is 2.23. The number of hydrogen-bond donors (Lipinski definition) is 3. The molecule has 2 aromatic carbocycles. The fraction of sp³-hybridized carbons (Fsp3) is 0.312. The van der Waals surface area contributed by atoms with Crippen molar-refractivity contribution >= 4 is 41.4 Å². The van der Waals surface area contributed by atoms with Gasteiger partial charge in [-0.05, 0) is 61.9 Å². The summed E-state index contributed by atoms with van der Waals surface area (Å²) in [5.74, 6) is -0.977. The van der Waals surface area contributed by atoms with E-state index in [2.05, 4.69) is 40.7 Å². The number of pyridine rings is 1. The van der Waals surface area contributed by atoms with Crippen molar-refractivity contribution in [2.24, 2.45) is 0 Å². The molecule has 0 aliphatic heterocycles. The number of carbonyl (C=O) groups is 1. The Bertz CT molecular complexity index is 1870. The molecule has 1 atom stereocenters. The van der Waals surface area contributed by atoms with Crippen LogP contribution >= 0.6 is 0 Å². The first-order chi connectivity index (χ1) is 22.2. The Morgan fingerprint density at radius 1 is 1.15 bits per heavy atom. The van der Waals surface area contributed by atoms with E-state index in [9.17, 15) is 28.0 Å². The highest BCUT2D eigenvalue weighted by molar-refractivity contribution is 7.92. The van der Waals surface area contributed by atoms with Gasteiger partial charge in [0.25, 0.3) is 0 Å². The third-order valence-corrected chi connectivity index (χ3v) is 10.1. The van der Waals surface area contributed by atoms with Gasteiger partial charge in [0.1, 0.15) is 47.5 Å². The van der Waals surface area contributed by atoms with Crippen molar-refractivity contribution in [1.29, 1.82) is 5.26 Å². The maximum atomic E-state index is 13.6. The van der Waals surface area contributed by atoms with E-state index in [1.165, 1.54) is 48.1 Å². The van der Waals surface area contributed by atoms with Crippen molar-refractivity contribution in [1.82, 2.24) is 14.8 Å². The third-order valence-electron chi connectivity index (χ3n) is 7.07. The highest BCUT2D eigenvalue weighted by Crippen LogP contribution is 2.37. The predicted molar refractivity (Wildman–Crippen MR) is 179 cm³/mol. The van der Waals surface area contributed by atoms with Crippen molar-refractivity contribution in [2.45, 2.75) is 52.4 Å². The van der Waals surface area contributed by atoms with Gasteiger partial charge in [0.15, 0.2) is 5.82 Å². The Hall–Kier alpha value is -4.78. The van der Waals surface area contributed by atoms with Gasteiger partial charge in [-0.15, -0.1) is 0 Å². The molecule has 0 amide bonds. The van der Waals surface area contributed by atoms with Crippen LogP contribution in [0.2, 0.25) is 25.7 Å². The number of nitrogens with zero attached hydrogens (tertiary/aromatic N) is 4. The molecule has 15 heteroatoms. The number of carboxylic acids is 1. The summed E-state index contributed by atoms with van der Waals surface area (Å²) in [6, 6.07) is 16.5. The minimum Gasteiger partial charge on any atom is -0.484 e. The largest absolute Gasteiger partial charge is 0.484 e. The average molecular weight is 681 g/mol. The molecule has 0 radical (unpaired) electrons. The fourth-order valence-corrected chi connectivity index (χ4v) is 5.72. The van der Waals surface area contributed by atoms with Gasteiger partial charge in [-0.2, -0.15) is 10.4 Å². The van der Waals surface area contributed by atoms with Gasteiger partial charge < -0.3 is 19.9 Å². The number of hydrogen-bond acceptors (Lipinski definition) is 9. The quantitative estimate of drug-likeness (QED) is 0.0917. The zero-order valence-corrected chi connectivity index (χ0v) is 28.6. The molecule has 0 spiro atoms. The Morgan fingerprint density at radius 2 is 1.87 bits per heavy atom. The molecular weight excluding hydrogens is 644 g/mol. The number of sulfonamides is 1. The van der Waals surface area contributed by atoms with Gasteiger partial charge in [-0.3, -0.25) is 4.72 Å². The lowest BCUT2D eigenvalue weighted by atomic mass is 10.1. The summed E-state index contributed by atoms with van der Waals surface area (Å²) in [5.41, 5.74) is 1.68. The second-order valence-electron chi connectivity index (χ2n) is 11.9. The van der Waals surface area contributed by atoms with Crippen molar-refractivity contribution in [2.75, 3.05) is 22.4 Å². The molecule has 248 valence electrons. The number of halogens is 1. The topological polar surface area (TPSA) is 168 Å². The lowest BCUT2D eigenvalue weighted by Gasteiger charge is -2.19. The smallest absolute Gasteiger partial charge is 0.337 e. The van der Waals surface area contributed by atoms with E-state index in [4.69, 9.17) is 14.6 Å². The molecular formula is C32H37FN6O6SSi. The molecule has 0 saturated heterocycles. The Morgan fingerprint density at radius 3 is 2.47 bits per heavy atom. The van der Waals surface area contributed by atoms with Crippen LogP contribution in [0.4, 0.5) is 21.7 Å². The van der Waals surface area contributed by atoms with Crippen molar-refractivity contribution in [3.63, 3.8) is 0 Å². The van der Waals surface area contributed by atoms with Crippen LogP contribution in [0.1, 0.15) is 41.4 Å². The zero-order chi connectivity index (χ0) is 34.4. The Labute approximate surface area is 274 Å². The second kappa shape index (κ2) is 14.8. The van der Waals surface area contributed by atoms with E-state index in [1.54, 1.807) is 31.2 Å². The SMILES string of the molecule is CCS(=O)(=O)Nc1ccc(-c2nn(COCC[Si](C)(C)C)c(Nc3ccc(C(=O)O)cn3)c2C#N)cc1OC(C)c1ccc(F)cc1. The molecule has 4 aromatic rings. The van der Waals surface area contributed by atoms with Crippen molar-refractivity contribution < 1.29 is 32.2 Å². The van der Waals surface area contributed by atoms with Gasteiger partial charge in [0.2, 0.25) is 10.0 Å². The average Bonchev–Trinajstić information content (AvgIpc) is 3.36. The lowest BCUT2D eigenvalue weighted by molar-refractivity contribution is 0.0696. The second-order valence-corrected chi connectivity index (χ2v) is 19.6. The number of rotatable bonds is 15. The number of nitrogens with one attached hydrogen (secondary N) is 2. The molecule has 1 unspecified atom stereocenters. The molecule has 0 aliphatic rings. The molecule has 2 aromatic heterocycles. The summed E-state index contributed by atoms with van der Waals surface area (Å²) < 4.78 is 54.8. The molecule has 47 heavy (non-hydrogen) atoms. The van der Waals surface area contributed by atoms with Gasteiger partial charge in [0.05, 0.1) is 17.0 Å². The molecule has 0 fully saturated rings. The van der Waals surface area contributed by atoms with Crippen LogP contribution in [0.25, 0.3) is 11.3 Å². The van der Waals surface area contributed by atoms with E-state index in [0.717, 1.165) is 6.04 Å². The van der Waals surface area contributed by atoms with Crippen LogP contribution in [-0.2, 0) is 21.5 Å². The van der Waals surface area contributed by atoms with Crippen molar-refractivity contribution in [3.8, 4) is 23.1 Å².